The Morgan fingerprint density at radius 2 is 2.09 bits per heavy atom. The molecule has 1 saturated heterocycles. The number of aromatic nitrogens is 1. The normalized spacial score (nSPS) is 34.8. The summed E-state index contributed by atoms with van der Waals surface area (Å²) >= 11 is 0. The molecule has 1 aromatic rings. The van der Waals surface area contributed by atoms with Crippen molar-refractivity contribution in [2.45, 2.75) is 39.2 Å². The number of Topliss-reactive ketones (excluding diaryl/α,β-unsaturated/α-hetero) is 1. The number of hydrogen-bond acceptors (Lipinski definition) is 5. The highest BCUT2D eigenvalue weighted by Gasteiger charge is 2.49. The van der Waals surface area contributed by atoms with E-state index in [4.69, 9.17) is 4.99 Å². The summed E-state index contributed by atoms with van der Waals surface area (Å²) in [6.07, 6.45) is 4.42. The average Bonchev–Trinajstić information content (AvgIpc) is 2.88. The molecule has 2 N–H and O–H groups in total. The molecule has 3 heterocycles. The number of nitrogens with one attached hydrogen (secondary N) is 2. The number of nitrogens with zero attached hydrogens (tertiary/aromatic N) is 2. The molecule has 0 radical (unpaired) electrons. The van der Waals surface area contributed by atoms with E-state index >= 15 is 0 Å². The summed E-state index contributed by atoms with van der Waals surface area (Å²) in [5.41, 5.74) is 8.15. The number of hydrogen-bond donors (Lipinski definition) is 2. The van der Waals surface area contributed by atoms with Crippen molar-refractivity contribution in [2.75, 3.05) is 0 Å². The van der Waals surface area contributed by atoms with Gasteiger partial charge in [0.2, 0.25) is 0 Å². The highest BCUT2D eigenvalue weighted by molar-refractivity contribution is 5.92. The molecule has 4 rings (SSSR count). The number of ketones is 1. The van der Waals surface area contributed by atoms with E-state index < -0.39 is 5.41 Å². The maximum atomic E-state index is 12.6. The number of carbonyl (C=O) groups is 1. The minimum atomic E-state index is -0.435. The average molecular weight is 310 g/mol. The molecule has 1 aliphatic carbocycles. The molecular formula is C18H22N4O. The van der Waals surface area contributed by atoms with Crippen LogP contribution in [-0.2, 0) is 4.79 Å². The summed E-state index contributed by atoms with van der Waals surface area (Å²) < 4.78 is 0. The van der Waals surface area contributed by atoms with Gasteiger partial charge in [-0.1, -0.05) is 6.07 Å². The number of pyridine rings is 1. The maximum Gasteiger partial charge on any atom is 0.142 e. The van der Waals surface area contributed by atoms with E-state index in [1.807, 2.05) is 38.3 Å². The second-order valence-corrected chi connectivity index (χ2v) is 7.39. The van der Waals surface area contributed by atoms with Crippen molar-refractivity contribution in [2.24, 2.45) is 22.2 Å². The first-order chi connectivity index (χ1) is 11.0. The zero-order valence-electron chi connectivity index (χ0n) is 13.7. The van der Waals surface area contributed by atoms with Gasteiger partial charge in [-0.25, -0.2) is 10.4 Å². The molecule has 4 unspecified atom stereocenters. The van der Waals surface area contributed by atoms with Gasteiger partial charge in [0, 0.05) is 53.2 Å². The molecule has 1 aromatic heterocycles. The Balaban J connectivity index is 1.87. The Morgan fingerprint density at radius 1 is 1.26 bits per heavy atom. The summed E-state index contributed by atoms with van der Waals surface area (Å²) in [5.74, 6) is 1.77. The van der Waals surface area contributed by atoms with Gasteiger partial charge in [0.05, 0.1) is 0 Å². The molecular weight excluding hydrogens is 288 g/mol. The van der Waals surface area contributed by atoms with Crippen LogP contribution in [0.2, 0.25) is 0 Å². The summed E-state index contributed by atoms with van der Waals surface area (Å²) in [7, 11) is 0. The molecule has 0 saturated carbocycles. The van der Waals surface area contributed by atoms with Crippen molar-refractivity contribution in [3.63, 3.8) is 0 Å². The first-order valence-corrected chi connectivity index (χ1v) is 8.24. The van der Waals surface area contributed by atoms with Crippen LogP contribution in [0.5, 0.6) is 0 Å². The first kappa shape index (κ1) is 14.6. The third-order valence-corrected chi connectivity index (χ3v) is 5.39. The fraction of sp³-hybridized carbons (Fsp3) is 0.500. The third kappa shape index (κ3) is 2.22. The number of aliphatic imine (C=N–C) groups is 1. The van der Waals surface area contributed by atoms with E-state index in [9.17, 15) is 4.79 Å². The van der Waals surface area contributed by atoms with Crippen LogP contribution in [0, 0.1) is 17.3 Å². The predicted molar refractivity (Wildman–Crippen MR) is 88.6 cm³/mol. The van der Waals surface area contributed by atoms with E-state index in [1.165, 1.54) is 0 Å². The zero-order valence-corrected chi connectivity index (χ0v) is 13.7. The van der Waals surface area contributed by atoms with Crippen LogP contribution in [0.3, 0.4) is 0 Å². The van der Waals surface area contributed by atoms with Gasteiger partial charge >= 0.3 is 0 Å². The fourth-order valence-electron chi connectivity index (χ4n) is 4.08. The molecule has 0 bridgehead atoms. The van der Waals surface area contributed by atoms with Crippen molar-refractivity contribution in [3.8, 4) is 0 Å². The molecule has 23 heavy (non-hydrogen) atoms. The Hall–Kier alpha value is -2.01. The fourth-order valence-corrected chi connectivity index (χ4v) is 4.08. The molecule has 1 fully saturated rings. The highest BCUT2D eigenvalue weighted by Crippen LogP contribution is 2.48. The van der Waals surface area contributed by atoms with Gasteiger partial charge in [-0.3, -0.25) is 9.78 Å². The van der Waals surface area contributed by atoms with E-state index in [-0.39, 0.29) is 29.6 Å². The first-order valence-electron chi connectivity index (χ1n) is 8.24. The Bertz CT molecular complexity index is 707. The molecule has 4 atom stereocenters. The Labute approximate surface area is 136 Å². The van der Waals surface area contributed by atoms with E-state index in [1.54, 1.807) is 0 Å². The van der Waals surface area contributed by atoms with E-state index in [0.29, 0.717) is 6.42 Å². The van der Waals surface area contributed by atoms with Gasteiger partial charge in [-0.15, -0.1) is 0 Å². The van der Waals surface area contributed by atoms with Crippen molar-refractivity contribution in [1.82, 2.24) is 15.8 Å². The number of allylic oxidation sites excluding steroid dienone is 2. The van der Waals surface area contributed by atoms with Crippen molar-refractivity contribution < 1.29 is 4.79 Å². The number of carbonyl (C=O) groups excluding carboxylic acids is 1. The van der Waals surface area contributed by atoms with E-state index in [2.05, 4.69) is 28.8 Å². The molecule has 5 heteroatoms. The summed E-state index contributed by atoms with van der Waals surface area (Å²) in [5, 5.41) is 0. The topological polar surface area (TPSA) is 66.4 Å². The zero-order chi connectivity index (χ0) is 16.2. The number of fused-ring (bicyclic) bond motifs is 2. The lowest BCUT2D eigenvalue weighted by molar-refractivity contribution is -0.126. The lowest BCUT2D eigenvalue weighted by Crippen LogP contribution is -2.42. The largest absolute Gasteiger partial charge is 0.309 e. The Kier molecular flexibility index (Phi) is 3.17. The predicted octanol–water partition coefficient (Wildman–Crippen LogP) is 2.19. The SMILES string of the molecule is CC1NNC2=NC3=CC(C)(C)C(=O)CC3C(c3ccccn3)C21. The van der Waals surface area contributed by atoms with Gasteiger partial charge < -0.3 is 5.43 Å². The third-order valence-electron chi connectivity index (χ3n) is 5.39. The smallest absolute Gasteiger partial charge is 0.142 e. The molecule has 2 aliphatic heterocycles. The summed E-state index contributed by atoms with van der Waals surface area (Å²) in [4.78, 5) is 22.0. The van der Waals surface area contributed by atoms with Crippen LogP contribution in [-0.4, -0.2) is 22.6 Å². The van der Waals surface area contributed by atoms with Gasteiger partial charge in [-0.05, 0) is 39.0 Å². The van der Waals surface area contributed by atoms with Crippen LogP contribution in [0.15, 0.2) is 41.2 Å². The lowest BCUT2D eigenvalue weighted by atomic mass is 9.65. The second-order valence-electron chi connectivity index (χ2n) is 7.39. The molecule has 0 amide bonds. The quantitative estimate of drug-likeness (QED) is 0.834. The summed E-state index contributed by atoms with van der Waals surface area (Å²) in [6, 6.07) is 6.28. The van der Waals surface area contributed by atoms with Crippen molar-refractivity contribution in [3.05, 3.63) is 41.9 Å². The van der Waals surface area contributed by atoms with Gasteiger partial charge in [0.1, 0.15) is 11.6 Å². The Morgan fingerprint density at radius 3 is 2.83 bits per heavy atom. The van der Waals surface area contributed by atoms with Crippen molar-refractivity contribution >= 4 is 11.6 Å². The van der Waals surface area contributed by atoms with Crippen LogP contribution in [0.1, 0.15) is 38.8 Å². The van der Waals surface area contributed by atoms with Crippen LogP contribution >= 0.6 is 0 Å². The van der Waals surface area contributed by atoms with Gasteiger partial charge in [-0.2, -0.15) is 0 Å². The summed E-state index contributed by atoms with van der Waals surface area (Å²) in [6.45, 7) is 6.10. The van der Waals surface area contributed by atoms with E-state index in [0.717, 1.165) is 17.2 Å². The van der Waals surface area contributed by atoms with Crippen LogP contribution in [0.4, 0.5) is 0 Å². The van der Waals surface area contributed by atoms with Crippen LogP contribution in [0.25, 0.3) is 0 Å². The maximum absolute atomic E-state index is 12.6. The standard InChI is InChI=1S/C18H22N4O/c1-10-15-16(12-6-4-5-7-19-12)11-8-14(23)18(2,3)9-13(11)20-17(15)22-21-10/h4-7,9-11,15-16,21H,8H2,1-3H3,(H,20,22). The molecule has 0 aromatic carbocycles. The number of amidine groups is 1. The minimum absolute atomic E-state index is 0.114. The molecule has 0 spiro atoms. The number of rotatable bonds is 1. The van der Waals surface area contributed by atoms with Gasteiger partial charge in [0.25, 0.3) is 0 Å². The lowest BCUT2D eigenvalue weighted by Gasteiger charge is -2.40. The molecule has 3 aliphatic rings. The monoisotopic (exact) mass is 310 g/mol. The highest BCUT2D eigenvalue weighted by atomic mass is 16.1. The minimum Gasteiger partial charge on any atom is -0.309 e. The van der Waals surface area contributed by atoms with Crippen molar-refractivity contribution in [1.29, 1.82) is 0 Å². The second kappa shape index (κ2) is 4.99. The van der Waals surface area contributed by atoms with Gasteiger partial charge in [0.15, 0.2) is 0 Å². The molecule has 120 valence electrons. The van der Waals surface area contributed by atoms with Crippen LogP contribution < -0.4 is 10.9 Å². The molecule has 5 nitrogen and oxygen atoms in total. The number of hydrazine groups is 1.